The maximum Gasteiger partial charge on any atom is 0.510 e. The molecule has 5 aliphatic rings. The lowest BCUT2D eigenvalue weighted by Gasteiger charge is -2.60. The average molecular weight is 415 g/mol. The summed E-state index contributed by atoms with van der Waals surface area (Å²) < 4.78 is 4.67. The highest BCUT2D eigenvalue weighted by Crippen LogP contribution is 2.77. The van der Waals surface area contributed by atoms with Gasteiger partial charge in [-0.25, -0.2) is 4.79 Å². The van der Waals surface area contributed by atoms with Crippen LogP contribution in [0.25, 0.3) is 0 Å². The summed E-state index contributed by atoms with van der Waals surface area (Å²) in [4.78, 5) is 22.9. The van der Waals surface area contributed by atoms with Crippen LogP contribution < -0.4 is 0 Å². The molecular formula is C25H34O5. The fourth-order valence-electron chi connectivity index (χ4n) is 8.78. The first-order chi connectivity index (χ1) is 14.4. The number of carbonyl (C=O) groups is 2. The number of carboxylic acid groups (broad SMARTS) is 1. The second-order valence-corrected chi connectivity index (χ2v) is 10.5. The van der Waals surface area contributed by atoms with Crippen LogP contribution in [-0.2, 0) is 9.53 Å². The molecule has 0 spiro atoms. The Kier molecular flexibility index (Phi) is 4.70. The second-order valence-electron chi connectivity index (χ2n) is 10.5. The minimum absolute atomic E-state index is 0.195. The summed E-state index contributed by atoms with van der Waals surface area (Å²) in [7, 11) is 0. The number of hydrogen-bond donors (Lipinski definition) is 2. The highest BCUT2D eigenvalue weighted by atomic mass is 16.7. The first-order valence-corrected chi connectivity index (χ1v) is 11.9. The van der Waals surface area contributed by atoms with Gasteiger partial charge in [0.1, 0.15) is 0 Å². The molecule has 5 aliphatic carbocycles. The Bertz CT molecular complexity index is 814. The lowest BCUT2D eigenvalue weighted by atomic mass is 9.45. The van der Waals surface area contributed by atoms with E-state index in [0.717, 1.165) is 44.9 Å². The summed E-state index contributed by atoms with van der Waals surface area (Å²) in [6.45, 7) is 4.48. The van der Waals surface area contributed by atoms with Crippen LogP contribution in [0.3, 0.4) is 0 Å². The fraction of sp³-hybridized carbons (Fsp3) is 0.760. The first kappa shape index (κ1) is 20.3. The van der Waals surface area contributed by atoms with E-state index in [1.54, 1.807) is 6.08 Å². The highest BCUT2D eigenvalue weighted by Gasteiger charge is 2.76. The van der Waals surface area contributed by atoms with E-state index in [9.17, 15) is 14.7 Å². The molecule has 0 bridgehead atoms. The zero-order chi connectivity index (χ0) is 21.3. The van der Waals surface area contributed by atoms with Crippen molar-refractivity contribution in [1.82, 2.24) is 0 Å². The van der Waals surface area contributed by atoms with Gasteiger partial charge in [-0.05, 0) is 92.1 Å². The number of ether oxygens (including phenoxy) is 1. The molecule has 0 aromatic heterocycles. The Hall–Kier alpha value is -1.62. The molecule has 0 unspecified atom stereocenters. The summed E-state index contributed by atoms with van der Waals surface area (Å²) in [6, 6.07) is 0. The monoisotopic (exact) mass is 414 g/mol. The number of carbonyl (C=O) groups excluding carboxylic acids is 1. The van der Waals surface area contributed by atoms with Gasteiger partial charge in [-0.1, -0.05) is 25.8 Å². The Morgan fingerprint density at radius 3 is 2.80 bits per heavy atom. The van der Waals surface area contributed by atoms with Gasteiger partial charge in [-0.15, -0.1) is 0 Å². The van der Waals surface area contributed by atoms with E-state index in [-0.39, 0.29) is 11.3 Å². The van der Waals surface area contributed by atoms with E-state index in [2.05, 4.69) is 18.6 Å². The molecule has 0 radical (unpaired) electrons. The molecule has 0 aliphatic heterocycles. The zero-order valence-electron chi connectivity index (χ0n) is 18.0. The molecule has 0 amide bonds. The number of ketones is 1. The Balaban J connectivity index is 1.52. The van der Waals surface area contributed by atoms with Crippen LogP contribution in [0.15, 0.2) is 24.0 Å². The summed E-state index contributed by atoms with van der Waals surface area (Å²) >= 11 is 0. The van der Waals surface area contributed by atoms with E-state index in [0.29, 0.717) is 47.7 Å². The number of fused-ring (bicyclic) bond motifs is 7. The molecule has 5 nitrogen and oxygen atoms in total. The van der Waals surface area contributed by atoms with Crippen molar-refractivity contribution in [2.75, 3.05) is 0 Å². The highest BCUT2D eigenvalue weighted by molar-refractivity contribution is 5.91. The molecule has 0 heterocycles. The molecule has 0 aromatic rings. The number of rotatable bonds is 4. The molecule has 5 heteroatoms. The Morgan fingerprint density at radius 1 is 1.30 bits per heavy atom. The maximum absolute atomic E-state index is 12.1. The van der Waals surface area contributed by atoms with Crippen LogP contribution >= 0.6 is 0 Å². The minimum atomic E-state index is -1.34. The van der Waals surface area contributed by atoms with Crippen LogP contribution in [-0.4, -0.2) is 27.8 Å². The van der Waals surface area contributed by atoms with E-state index in [4.69, 9.17) is 5.11 Å². The molecule has 164 valence electrons. The molecule has 4 fully saturated rings. The average Bonchev–Trinajstić information content (AvgIpc) is 3.48. The van der Waals surface area contributed by atoms with Crippen LogP contribution in [0.1, 0.15) is 65.2 Å². The number of allylic oxidation sites excluding steroid dienone is 1. The molecule has 30 heavy (non-hydrogen) atoms. The SMILES string of the molecule is CC[C@@H]1CC2=CC(=O)CC[C@@H]2[C@H]2CC[C@@]3(CC)[C@@H]([C@@H]4C[C@@H]4[C@@]3(O)/C=C\OC(=O)O)[C@H]12. The third kappa shape index (κ3) is 2.63. The van der Waals surface area contributed by atoms with Crippen molar-refractivity contribution in [3.8, 4) is 0 Å². The fourth-order valence-corrected chi connectivity index (χ4v) is 8.78. The maximum atomic E-state index is 12.1. The van der Waals surface area contributed by atoms with Crippen LogP contribution in [0.5, 0.6) is 0 Å². The summed E-state index contributed by atoms with van der Waals surface area (Å²) in [6.07, 6.45) is 11.3. The predicted molar refractivity (Wildman–Crippen MR) is 111 cm³/mol. The molecule has 4 saturated carbocycles. The topological polar surface area (TPSA) is 83.8 Å². The van der Waals surface area contributed by atoms with Crippen molar-refractivity contribution in [1.29, 1.82) is 0 Å². The smallest absolute Gasteiger partial charge is 0.449 e. The van der Waals surface area contributed by atoms with Crippen molar-refractivity contribution >= 4 is 11.9 Å². The van der Waals surface area contributed by atoms with Crippen LogP contribution in [0.2, 0.25) is 0 Å². The molecule has 9 atom stereocenters. The van der Waals surface area contributed by atoms with E-state index in [1.165, 1.54) is 11.8 Å². The van der Waals surface area contributed by atoms with Gasteiger partial charge in [0.15, 0.2) is 5.78 Å². The molecular weight excluding hydrogens is 380 g/mol. The normalized spacial score (nSPS) is 49.0. The zero-order valence-corrected chi connectivity index (χ0v) is 18.0. The van der Waals surface area contributed by atoms with Crippen molar-refractivity contribution < 1.29 is 24.5 Å². The molecule has 2 N–H and O–H groups in total. The summed E-state index contributed by atoms with van der Waals surface area (Å²) in [5.74, 6) is 3.86. The van der Waals surface area contributed by atoms with E-state index in [1.807, 2.05) is 6.08 Å². The molecule has 0 aromatic carbocycles. The van der Waals surface area contributed by atoms with Gasteiger partial charge in [0, 0.05) is 11.8 Å². The number of hydrogen-bond acceptors (Lipinski definition) is 4. The molecule has 5 rings (SSSR count). The minimum Gasteiger partial charge on any atom is -0.449 e. The third-order valence-corrected chi connectivity index (χ3v) is 9.86. The lowest BCUT2D eigenvalue weighted by Crippen LogP contribution is -2.57. The van der Waals surface area contributed by atoms with Gasteiger partial charge < -0.3 is 14.9 Å². The standard InChI is InChI=1S/C25H34O5/c1-3-14-11-15-12-16(26)5-6-17(15)18-7-8-24(4-2)22(21(14)18)19-13-20(19)25(24,29)9-10-30-23(27)28/h9-10,12,14,17-22,29H,3-8,11,13H2,1-2H3,(H,27,28)/b10-9-/t14-,17+,18-,19-,20+,21-,22+,24+,25+/m1/s1. The quantitative estimate of drug-likeness (QED) is 0.502. The van der Waals surface area contributed by atoms with Gasteiger partial charge in [-0.3, -0.25) is 4.79 Å². The summed E-state index contributed by atoms with van der Waals surface area (Å²) in [5.41, 5.74) is 0.229. The Morgan fingerprint density at radius 2 is 2.10 bits per heavy atom. The molecule has 0 saturated heterocycles. The van der Waals surface area contributed by atoms with Crippen LogP contribution in [0.4, 0.5) is 4.79 Å². The van der Waals surface area contributed by atoms with Crippen molar-refractivity contribution in [3.05, 3.63) is 24.0 Å². The van der Waals surface area contributed by atoms with Gasteiger partial charge in [0.25, 0.3) is 0 Å². The number of aliphatic hydroxyl groups is 1. The van der Waals surface area contributed by atoms with Gasteiger partial charge in [-0.2, -0.15) is 0 Å². The van der Waals surface area contributed by atoms with Gasteiger partial charge in [0.2, 0.25) is 0 Å². The largest absolute Gasteiger partial charge is 0.510 e. The third-order valence-electron chi connectivity index (χ3n) is 9.86. The second kappa shape index (κ2) is 6.94. The van der Waals surface area contributed by atoms with Crippen LogP contribution in [0, 0.1) is 46.8 Å². The van der Waals surface area contributed by atoms with E-state index < -0.39 is 11.8 Å². The lowest BCUT2D eigenvalue weighted by molar-refractivity contribution is -0.139. The Labute approximate surface area is 178 Å². The van der Waals surface area contributed by atoms with Gasteiger partial charge in [0.05, 0.1) is 11.9 Å². The van der Waals surface area contributed by atoms with Crippen molar-refractivity contribution in [3.63, 3.8) is 0 Å². The first-order valence-electron chi connectivity index (χ1n) is 11.9. The van der Waals surface area contributed by atoms with Gasteiger partial charge >= 0.3 is 6.16 Å². The predicted octanol–water partition coefficient (Wildman–Crippen LogP) is 4.95. The van der Waals surface area contributed by atoms with Crippen molar-refractivity contribution in [2.24, 2.45) is 46.8 Å². The van der Waals surface area contributed by atoms with Crippen molar-refractivity contribution in [2.45, 2.75) is 70.8 Å². The summed E-state index contributed by atoms with van der Waals surface area (Å²) in [5, 5.41) is 20.8. The van der Waals surface area contributed by atoms with E-state index >= 15 is 0 Å².